The summed E-state index contributed by atoms with van der Waals surface area (Å²) in [6, 6.07) is -0.0131. The van der Waals surface area contributed by atoms with Crippen molar-refractivity contribution < 1.29 is 14.7 Å². The molecule has 2 amide bonds. The Morgan fingerprint density at radius 2 is 1.52 bits per heavy atom. The molecule has 1 aliphatic heterocycles. The average Bonchev–Trinajstić information content (AvgIpc) is 2.46. The first-order valence-corrected chi connectivity index (χ1v) is 8.42. The van der Waals surface area contributed by atoms with Crippen molar-refractivity contribution >= 4 is 12.0 Å². The van der Waals surface area contributed by atoms with Crippen LogP contribution >= 0.6 is 0 Å². The maximum Gasteiger partial charge on any atom is 0.317 e. The number of carboxylic acids is 1. The first-order valence-electron chi connectivity index (χ1n) is 8.42. The molecular weight excluding hydrogens is 268 g/mol. The van der Waals surface area contributed by atoms with Crippen molar-refractivity contribution in [3.8, 4) is 0 Å². The van der Waals surface area contributed by atoms with Gasteiger partial charge >= 0.3 is 12.0 Å². The highest BCUT2D eigenvalue weighted by Crippen LogP contribution is 2.22. The van der Waals surface area contributed by atoms with E-state index in [-0.39, 0.29) is 11.9 Å². The number of carboxylic acid groups (broad SMARTS) is 1. The number of nitrogens with zero attached hydrogens (tertiary/aromatic N) is 1. The van der Waals surface area contributed by atoms with Gasteiger partial charge in [0.25, 0.3) is 0 Å². The molecule has 1 heterocycles. The highest BCUT2D eigenvalue weighted by molar-refractivity contribution is 5.75. The molecule has 1 aliphatic carbocycles. The van der Waals surface area contributed by atoms with Crippen LogP contribution in [-0.4, -0.2) is 41.6 Å². The molecule has 0 atom stereocenters. The van der Waals surface area contributed by atoms with Crippen LogP contribution in [0.2, 0.25) is 0 Å². The molecule has 5 nitrogen and oxygen atoms in total. The molecule has 0 radical (unpaired) electrons. The maximum absolute atomic E-state index is 12.1. The number of carbonyl (C=O) groups is 2. The van der Waals surface area contributed by atoms with E-state index in [1.807, 2.05) is 0 Å². The van der Waals surface area contributed by atoms with Crippen LogP contribution in [0.5, 0.6) is 0 Å². The Kier molecular flexibility index (Phi) is 6.33. The molecule has 0 aromatic heterocycles. The average molecular weight is 296 g/mol. The van der Waals surface area contributed by atoms with E-state index in [0.717, 1.165) is 6.54 Å². The summed E-state index contributed by atoms with van der Waals surface area (Å²) in [6.07, 6.45) is 10.2. The van der Waals surface area contributed by atoms with Crippen LogP contribution in [0.1, 0.15) is 57.8 Å². The van der Waals surface area contributed by atoms with E-state index in [2.05, 4.69) is 5.32 Å². The highest BCUT2D eigenvalue weighted by atomic mass is 16.4. The van der Waals surface area contributed by atoms with E-state index in [4.69, 9.17) is 5.11 Å². The predicted molar refractivity (Wildman–Crippen MR) is 81.1 cm³/mol. The summed E-state index contributed by atoms with van der Waals surface area (Å²) in [5.41, 5.74) is 0. The zero-order valence-electron chi connectivity index (χ0n) is 12.9. The van der Waals surface area contributed by atoms with Gasteiger partial charge in [0.2, 0.25) is 0 Å². The summed E-state index contributed by atoms with van der Waals surface area (Å²) >= 11 is 0. The van der Waals surface area contributed by atoms with Gasteiger partial charge in [-0.3, -0.25) is 4.79 Å². The molecule has 21 heavy (non-hydrogen) atoms. The lowest BCUT2D eigenvalue weighted by Crippen LogP contribution is -2.46. The Bertz CT molecular complexity index is 343. The van der Waals surface area contributed by atoms with Crippen molar-refractivity contribution in [1.29, 1.82) is 0 Å². The Hall–Kier alpha value is -1.26. The first kappa shape index (κ1) is 16.1. The minimum atomic E-state index is -0.732. The number of hydrogen-bond acceptors (Lipinski definition) is 2. The third-order valence-corrected chi connectivity index (χ3v) is 4.90. The minimum absolute atomic E-state index is 0.0131. The van der Waals surface area contributed by atoms with Crippen LogP contribution < -0.4 is 5.32 Å². The molecule has 0 aromatic rings. The zero-order valence-corrected chi connectivity index (χ0v) is 12.9. The number of aliphatic carboxylic acids is 1. The smallest absolute Gasteiger partial charge is 0.317 e. The number of hydrogen-bond donors (Lipinski definition) is 2. The Balaban J connectivity index is 1.68. The maximum atomic E-state index is 12.1. The number of likely N-dealkylation sites (tertiary alicyclic amines) is 1. The third-order valence-electron chi connectivity index (χ3n) is 4.90. The molecule has 120 valence electrons. The van der Waals surface area contributed by atoms with Crippen molar-refractivity contribution in [1.82, 2.24) is 10.2 Å². The summed E-state index contributed by atoms with van der Waals surface area (Å²) in [7, 11) is 0. The van der Waals surface area contributed by atoms with Crippen LogP contribution in [0.15, 0.2) is 0 Å². The number of carbonyl (C=O) groups excluding carboxylic acids is 1. The molecule has 5 heteroatoms. The number of piperidine rings is 1. The second-order valence-corrected chi connectivity index (χ2v) is 6.50. The summed E-state index contributed by atoms with van der Waals surface area (Å²) < 4.78 is 0. The largest absolute Gasteiger partial charge is 0.481 e. The van der Waals surface area contributed by atoms with Gasteiger partial charge in [-0.25, -0.2) is 4.79 Å². The molecule has 2 aliphatic rings. The SMILES string of the molecule is O=C(O)C1CCN(C(=O)NCC2CCCCCCC2)CC1. The van der Waals surface area contributed by atoms with E-state index in [1.54, 1.807) is 4.90 Å². The van der Waals surface area contributed by atoms with Crippen LogP contribution in [0.3, 0.4) is 0 Å². The summed E-state index contributed by atoms with van der Waals surface area (Å²) in [5, 5.41) is 12.0. The van der Waals surface area contributed by atoms with Crippen molar-refractivity contribution in [2.24, 2.45) is 11.8 Å². The summed E-state index contributed by atoms with van der Waals surface area (Å²) in [4.78, 5) is 24.8. The van der Waals surface area contributed by atoms with Crippen molar-refractivity contribution in [3.05, 3.63) is 0 Å². The highest BCUT2D eigenvalue weighted by Gasteiger charge is 2.27. The van der Waals surface area contributed by atoms with Crippen LogP contribution in [0.25, 0.3) is 0 Å². The normalized spacial score (nSPS) is 22.4. The van der Waals surface area contributed by atoms with Crippen molar-refractivity contribution in [2.75, 3.05) is 19.6 Å². The molecule has 0 bridgehead atoms. The standard InChI is InChI=1S/C16H28N2O3/c19-15(20)14-8-10-18(11-9-14)16(21)17-12-13-6-4-2-1-3-5-7-13/h13-14H,1-12H2,(H,17,21)(H,19,20). The van der Waals surface area contributed by atoms with Gasteiger partial charge in [-0.2, -0.15) is 0 Å². The number of nitrogens with one attached hydrogen (secondary N) is 1. The molecule has 1 saturated heterocycles. The fraction of sp³-hybridized carbons (Fsp3) is 0.875. The van der Waals surface area contributed by atoms with Gasteiger partial charge < -0.3 is 15.3 Å². The van der Waals surface area contributed by atoms with Gasteiger partial charge in [-0.1, -0.05) is 32.1 Å². The van der Waals surface area contributed by atoms with Gasteiger partial charge in [0.1, 0.15) is 0 Å². The zero-order chi connectivity index (χ0) is 15.1. The summed E-state index contributed by atoms with van der Waals surface area (Å²) in [6.45, 7) is 1.90. The van der Waals surface area contributed by atoms with Gasteiger partial charge in [0.15, 0.2) is 0 Å². The van der Waals surface area contributed by atoms with E-state index >= 15 is 0 Å². The lowest BCUT2D eigenvalue weighted by molar-refractivity contribution is -0.143. The molecular formula is C16H28N2O3. The van der Waals surface area contributed by atoms with Crippen molar-refractivity contribution in [2.45, 2.75) is 57.8 Å². The Labute approximate surface area is 127 Å². The van der Waals surface area contributed by atoms with E-state index in [0.29, 0.717) is 31.8 Å². The Morgan fingerprint density at radius 1 is 0.952 bits per heavy atom. The molecule has 2 fully saturated rings. The Morgan fingerprint density at radius 3 is 2.10 bits per heavy atom. The second-order valence-electron chi connectivity index (χ2n) is 6.50. The molecule has 1 saturated carbocycles. The predicted octanol–water partition coefficient (Wildman–Crippen LogP) is 2.85. The second kappa shape index (κ2) is 8.25. The number of urea groups is 1. The molecule has 2 N–H and O–H groups in total. The summed E-state index contributed by atoms with van der Waals surface area (Å²) in [5.74, 6) is -0.393. The van der Waals surface area contributed by atoms with Gasteiger partial charge in [-0.05, 0) is 31.6 Å². The lowest BCUT2D eigenvalue weighted by atomic mass is 9.91. The molecule has 2 rings (SSSR count). The van der Waals surface area contributed by atoms with Crippen LogP contribution in [0.4, 0.5) is 4.79 Å². The van der Waals surface area contributed by atoms with E-state index in [1.165, 1.54) is 44.9 Å². The molecule has 0 spiro atoms. The third kappa shape index (κ3) is 5.21. The van der Waals surface area contributed by atoms with Gasteiger partial charge in [0, 0.05) is 19.6 Å². The van der Waals surface area contributed by atoms with E-state index < -0.39 is 5.97 Å². The fourth-order valence-corrected chi connectivity index (χ4v) is 3.42. The van der Waals surface area contributed by atoms with Crippen molar-refractivity contribution in [3.63, 3.8) is 0 Å². The quantitative estimate of drug-likeness (QED) is 0.841. The van der Waals surface area contributed by atoms with E-state index in [9.17, 15) is 9.59 Å². The first-order chi connectivity index (χ1) is 10.2. The lowest BCUT2D eigenvalue weighted by Gasteiger charge is -2.31. The topological polar surface area (TPSA) is 69.6 Å². The monoisotopic (exact) mass is 296 g/mol. The minimum Gasteiger partial charge on any atom is -0.481 e. The molecule has 0 unspecified atom stereocenters. The fourth-order valence-electron chi connectivity index (χ4n) is 3.42. The van der Waals surface area contributed by atoms with Gasteiger partial charge in [0.05, 0.1) is 5.92 Å². The molecule has 0 aromatic carbocycles. The van der Waals surface area contributed by atoms with Crippen LogP contribution in [-0.2, 0) is 4.79 Å². The van der Waals surface area contributed by atoms with Gasteiger partial charge in [-0.15, -0.1) is 0 Å². The number of amides is 2. The van der Waals surface area contributed by atoms with Crippen LogP contribution in [0, 0.1) is 11.8 Å². The number of rotatable bonds is 3.